The standard InChI is InChI=1S/C15H21NOS/c1-18-12-5-2-4-11(10-12)16-9-8-13-14(16)6-3-7-15(13)17/h8-9,11-12H,2-7,10H2,1H3. The maximum atomic E-state index is 11.9. The molecule has 0 aromatic carbocycles. The van der Waals surface area contributed by atoms with Gasteiger partial charge in [0.05, 0.1) is 0 Å². The minimum absolute atomic E-state index is 0.354. The first kappa shape index (κ1) is 12.3. The number of hydrogen-bond donors (Lipinski definition) is 0. The molecule has 3 heteroatoms. The number of ketones is 1. The zero-order chi connectivity index (χ0) is 12.5. The quantitative estimate of drug-likeness (QED) is 0.808. The van der Waals surface area contributed by atoms with Gasteiger partial charge in [0.1, 0.15) is 0 Å². The van der Waals surface area contributed by atoms with Crippen LogP contribution >= 0.6 is 11.8 Å². The number of aromatic nitrogens is 1. The Morgan fingerprint density at radius 1 is 1.28 bits per heavy atom. The highest BCUT2D eigenvalue weighted by Crippen LogP contribution is 2.36. The second-order valence-corrected chi connectivity index (χ2v) is 6.68. The number of nitrogens with zero attached hydrogens (tertiary/aromatic N) is 1. The van der Waals surface area contributed by atoms with E-state index in [0.717, 1.165) is 30.1 Å². The molecule has 0 aliphatic heterocycles. The van der Waals surface area contributed by atoms with E-state index in [2.05, 4.69) is 23.1 Å². The van der Waals surface area contributed by atoms with Crippen LogP contribution in [0.4, 0.5) is 0 Å². The summed E-state index contributed by atoms with van der Waals surface area (Å²) in [6.45, 7) is 0. The monoisotopic (exact) mass is 263 g/mol. The Kier molecular flexibility index (Phi) is 3.51. The molecule has 2 nitrogen and oxygen atoms in total. The smallest absolute Gasteiger partial charge is 0.164 e. The molecule has 1 fully saturated rings. The lowest BCUT2D eigenvalue weighted by Gasteiger charge is -2.31. The zero-order valence-electron chi connectivity index (χ0n) is 11.0. The average molecular weight is 263 g/mol. The Balaban J connectivity index is 1.86. The molecule has 0 N–H and O–H groups in total. The number of rotatable bonds is 2. The largest absolute Gasteiger partial charge is 0.348 e. The first-order chi connectivity index (χ1) is 8.79. The summed E-state index contributed by atoms with van der Waals surface area (Å²) in [6.07, 6.45) is 12.5. The van der Waals surface area contributed by atoms with E-state index >= 15 is 0 Å². The minimum Gasteiger partial charge on any atom is -0.348 e. The molecular weight excluding hydrogens is 242 g/mol. The number of carbonyl (C=O) groups excluding carboxylic acids is 1. The number of Topliss-reactive ketones (excluding diaryl/α,β-unsaturated/α-hetero) is 1. The van der Waals surface area contributed by atoms with Crippen LogP contribution in [0.1, 0.15) is 60.6 Å². The van der Waals surface area contributed by atoms with Crippen molar-refractivity contribution in [3.8, 4) is 0 Å². The fraction of sp³-hybridized carbons (Fsp3) is 0.667. The zero-order valence-corrected chi connectivity index (χ0v) is 11.8. The van der Waals surface area contributed by atoms with Gasteiger partial charge in [-0.2, -0.15) is 11.8 Å². The fourth-order valence-corrected chi connectivity index (χ4v) is 4.29. The van der Waals surface area contributed by atoms with E-state index in [0.29, 0.717) is 11.8 Å². The fourth-order valence-electron chi connectivity index (χ4n) is 3.48. The van der Waals surface area contributed by atoms with E-state index in [1.807, 2.05) is 11.8 Å². The highest BCUT2D eigenvalue weighted by atomic mass is 32.2. The van der Waals surface area contributed by atoms with Crippen molar-refractivity contribution in [3.63, 3.8) is 0 Å². The maximum absolute atomic E-state index is 11.9. The van der Waals surface area contributed by atoms with Gasteiger partial charge in [-0.1, -0.05) is 6.42 Å². The van der Waals surface area contributed by atoms with Crippen molar-refractivity contribution in [1.82, 2.24) is 4.57 Å². The lowest BCUT2D eigenvalue weighted by molar-refractivity contribution is 0.0971. The summed E-state index contributed by atoms with van der Waals surface area (Å²) in [5.74, 6) is 0.354. The van der Waals surface area contributed by atoms with Gasteiger partial charge in [0, 0.05) is 35.2 Å². The van der Waals surface area contributed by atoms with E-state index in [-0.39, 0.29) is 0 Å². The van der Waals surface area contributed by atoms with Gasteiger partial charge in [-0.25, -0.2) is 0 Å². The third kappa shape index (κ3) is 2.13. The predicted octanol–water partition coefficient (Wildman–Crippen LogP) is 3.85. The van der Waals surface area contributed by atoms with Gasteiger partial charge in [0.2, 0.25) is 0 Å². The number of fused-ring (bicyclic) bond motifs is 1. The Bertz CT molecular complexity index is 451. The minimum atomic E-state index is 0.354. The van der Waals surface area contributed by atoms with Gasteiger partial charge < -0.3 is 4.57 Å². The molecule has 18 heavy (non-hydrogen) atoms. The summed E-state index contributed by atoms with van der Waals surface area (Å²) in [5.41, 5.74) is 2.32. The molecule has 98 valence electrons. The van der Waals surface area contributed by atoms with Crippen LogP contribution < -0.4 is 0 Å². The van der Waals surface area contributed by atoms with Crippen molar-refractivity contribution in [2.75, 3.05) is 6.26 Å². The van der Waals surface area contributed by atoms with Crippen LogP contribution in [0.15, 0.2) is 12.3 Å². The third-order valence-corrected chi connectivity index (χ3v) is 5.56. The van der Waals surface area contributed by atoms with Gasteiger partial charge in [0.15, 0.2) is 5.78 Å². The van der Waals surface area contributed by atoms with Crippen molar-refractivity contribution in [1.29, 1.82) is 0 Å². The molecule has 2 aliphatic rings. The van der Waals surface area contributed by atoms with Crippen LogP contribution in [-0.2, 0) is 6.42 Å². The van der Waals surface area contributed by atoms with E-state index in [9.17, 15) is 4.79 Å². The van der Waals surface area contributed by atoms with Crippen LogP contribution in [0.5, 0.6) is 0 Å². The van der Waals surface area contributed by atoms with E-state index < -0.39 is 0 Å². The van der Waals surface area contributed by atoms with Gasteiger partial charge in [-0.3, -0.25) is 4.79 Å². The molecule has 2 atom stereocenters. The van der Waals surface area contributed by atoms with Gasteiger partial charge in [0.25, 0.3) is 0 Å². The normalized spacial score (nSPS) is 28.2. The Hall–Kier alpha value is -0.700. The van der Waals surface area contributed by atoms with Gasteiger partial charge in [-0.05, 0) is 44.4 Å². The Morgan fingerprint density at radius 2 is 2.17 bits per heavy atom. The molecule has 1 aromatic rings. The van der Waals surface area contributed by atoms with Crippen LogP contribution in [0.2, 0.25) is 0 Å². The summed E-state index contributed by atoms with van der Waals surface area (Å²) < 4.78 is 2.43. The van der Waals surface area contributed by atoms with Gasteiger partial charge >= 0.3 is 0 Å². The molecule has 2 aliphatic carbocycles. The van der Waals surface area contributed by atoms with Crippen molar-refractivity contribution >= 4 is 17.5 Å². The Labute approximate surface area is 113 Å². The maximum Gasteiger partial charge on any atom is 0.164 e. The van der Waals surface area contributed by atoms with Crippen LogP contribution in [-0.4, -0.2) is 21.9 Å². The van der Waals surface area contributed by atoms with Crippen LogP contribution in [0, 0.1) is 0 Å². The molecule has 1 aromatic heterocycles. The summed E-state index contributed by atoms with van der Waals surface area (Å²) in [5, 5.41) is 0.807. The molecular formula is C15H21NOS. The second-order valence-electron chi connectivity index (χ2n) is 5.54. The summed E-state index contributed by atoms with van der Waals surface area (Å²) >= 11 is 2.00. The van der Waals surface area contributed by atoms with Crippen molar-refractivity contribution in [2.24, 2.45) is 0 Å². The molecule has 0 amide bonds. The van der Waals surface area contributed by atoms with Crippen LogP contribution in [0.3, 0.4) is 0 Å². The topological polar surface area (TPSA) is 22.0 Å². The SMILES string of the molecule is CSC1CCCC(n2ccc3c2CCCC3=O)C1. The molecule has 0 bridgehead atoms. The van der Waals surface area contributed by atoms with Crippen molar-refractivity contribution < 1.29 is 4.79 Å². The number of hydrogen-bond acceptors (Lipinski definition) is 2. The van der Waals surface area contributed by atoms with E-state index in [4.69, 9.17) is 0 Å². The highest BCUT2D eigenvalue weighted by molar-refractivity contribution is 7.99. The molecule has 0 radical (unpaired) electrons. The molecule has 0 spiro atoms. The van der Waals surface area contributed by atoms with Crippen molar-refractivity contribution in [2.45, 2.75) is 56.2 Å². The summed E-state index contributed by atoms with van der Waals surface area (Å²) in [7, 11) is 0. The average Bonchev–Trinajstić information content (AvgIpc) is 2.84. The second kappa shape index (κ2) is 5.12. The van der Waals surface area contributed by atoms with E-state index in [1.54, 1.807) is 0 Å². The number of thioether (sulfide) groups is 1. The highest BCUT2D eigenvalue weighted by Gasteiger charge is 2.27. The lowest BCUT2D eigenvalue weighted by atomic mass is 9.93. The molecule has 1 saturated carbocycles. The van der Waals surface area contributed by atoms with E-state index in [1.165, 1.54) is 31.4 Å². The molecule has 1 heterocycles. The molecule has 0 saturated heterocycles. The lowest BCUT2D eigenvalue weighted by Crippen LogP contribution is -2.23. The first-order valence-corrected chi connectivity index (χ1v) is 8.34. The first-order valence-electron chi connectivity index (χ1n) is 7.05. The van der Waals surface area contributed by atoms with Crippen LogP contribution in [0.25, 0.3) is 0 Å². The Morgan fingerprint density at radius 3 is 3.00 bits per heavy atom. The van der Waals surface area contributed by atoms with Gasteiger partial charge in [-0.15, -0.1) is 0 Å². The number of carbonyl (C=O) groups is 1. The molecule has 2 unspecified atom stereocenters. The van der Waals surface area contributed by atoms with Crippen molar-refractivity contribution in [3.05, 3.63) is 23.5 Å². The predicted molar refractivity (Wildman–Crippen MR) is 76.5 cm³/mol. The molecule has 3 rings (SSSR count). The third-order valence-electron chi connectivity index (χ3n) is 4.47. The summed E-state index contributed by atoms with van der Waals surface area (Å²) in [4.78, 5) is 11.9. The summed E-state index contributed by atoms with van der Waals surface area (Å²) in [6, 6.07) is 2.69.